The van der Waals surface area contributed by atoms with E-state index in [-0.39, 0.29) is 17.1 Å². The van der Waals surface area contributed by atoms with Crippen molar-refractivity contribution in [1.29, 1.82) is 0 Å². The van der Waals surface area contributed by atoms with E-state index in [0.717, 1.165) is 38.9 Å². The summed E-state index contributed by atoms with van der Waals surface area (Å²) in [6.07, 6.45) is 13.6. The first-order chi connectivity index (χ1) is 14.1. The SMILES string of the molecule is C=CC(C)(C)CC(=O)C1CC=C(C)CC1.CCOC(C)(OCC)C1CC=C(C)CC1. The highest BCUT2D eigenvalue weighted by atomic mass is 16.7. The Kier molecular flexibility index (Phi) is 11.3. The molecule has 172 valence electrons. The number of ether oxygens (including phenoxy) is 2. The van der Waals surface area contributed by atoms with E-state index < -0.39 is 0 Å². The van der Waals surface area contributed by atoms with Crippen LogP contribution >= 0.6 is 0 Å². The number of Topliss-reactive ketones (excluding diaryl/α,β-unsaturated/α-hetero) is 1. The summed E-state index contributed by atoms with van der Waals surface area (Å²) in [6.45, 7) is 19.8. The summed E-state index contributed by atoms with van der Waals surface area (Å²) in [5, 5.41) is 0. The molecule has 2 rings (SSSR count). The Morgan fingerprint density at radius 1 is 1.03 bits per heavy atom. The topological polar surface area (TPSA) is 35.5 Å². The van der Waals surface area contributed by atoms with Gasteiger partial charge in [-0.2, -0.15) is 0 Å². The van der Waals surface area contributed by atoms with Crippen LogP contribution in [0.1, 0.15) is 93.4 Å². The van der Waals surface area contributed by atoms with Crippen LogP contribution in [0.5, 0.6) is 0 Å². The molecule has 0 aliphatic heterocycles. The highest BCUT2D eigenvalue weighted by molar-refractivity contribution is 5.82. The lowest BCUT2D eigenvalue weighted by atomic mass is 9.79. The van der Waals surface area contributed by atoms with Crippen molar-refractivity contribution < 1.29 is 14.3 Å². The lowest BCUT2D eigenvalue weighted by molar-refractivity contribution is -0.253. The molecule has 0 bridgehead atoms. The monoisotopic (exact) mass is 418 g/mol. The van der Waals surface area contributed by atoms with Crippen molar-refractivity contribution in [3.63, 3.8) is 0 Å². The Balaban J connectivity index is 0.000000300. The van der Waals surface area contributed by atoms with E-state index in [1.807, 2.05) is 19.9 Å². The van der Waals surface area contributed by atoms with Crippen LogP contribution in [0.2, 0.25) is 0 Å². The van der Waals surface area contributed by atoms with Gasteiger partial charge in [0.05, 0.1) is 0 Å². The van der Waals surface area contributed by atoms with Crippen LogP contribution in [0.25, 0.3) is 0 Å². The number of rotatable bonds is 9. The molecule has 2 aliphatic rings. The molecule has 0 amide bonds. The van der Waals surface area contributed by atoms with E-state index in [2.05, 4.69) is 53.3 Å². The minimum Gasteiger partial charge on any atom is -0.350 e. The Morgan fingerprint density at radius 3 is 1.97 bits per heavy atom. The average Bonchev–Trinajstić information content (AvgIpc) is 2.69. The van der Waals surface area contributed by atoms with E-state index in [1.165, 1.54) is 24.0 Å². The average molecular weight is 419 g/mol. The highest BCUT2D eigenvalue weighted by Gasteiger charge is 2.35. The zero-order valence-electron chi connectivity index (χ0n) is 20.7. The third-order valence-corrected chi connectivity index (χ3v) is 6.52. The Labute approximate surface area is 186 Å². The van der Waals surface area contributed by atoms with Gasteiger partial charge in [0, 0.05) is 31.5 Å². The first-order valence-corrected chi connectivity index (χ1v) is 11.8. The fourth-order valence-electron chi connectivity index (χ4n) is 4.22. The molecule has 0 spiro atoms. The van der Waals surface area contributed by atoms with Crippen molar-refractivity contribution in [3.8, 4) is 0 Å². The van der Waals surface area contributed by atoms with Crippen molar-refractivity contribution in [2.45, 2.75) is 99.2 Å². The third kappa shape index (κ3) is 8.89. The summed E-state index contributed by atoms with van der Waals surface area (Å²) in [4.78, 5) is 12.0. The fraction of sp³-hybridized carbons (Fsp3) is 0.741. The normalized spacial score (nSPS) is 22.4. The van der Waals surface area contributed by atoms with Gasteiger partial charge in [0.2, 0.25) is 0 Å². The van der Waals surface area contributed by atoms with Gasteiger partial charge < -0.3 is 9.47 Å². The van der Waals surface area contributed by atoms with E-state index in [1.54, 1.807) is 0 Å². The number of allylic oxidation sites excluding steroid dienone is 5. The number of carbonyl (C=O) groups excluding carboxylic acids is 1. The van der Waals surface area contributed by atoms with Crippen LogP contribution in [0.3, 0.4) is 0 Å². The van der Waals surface area contributed by atoms with Crippen LogP contribution in [-0.2, 0) is 14.3 Å². The Hall–Kier alpha value is -1.19. The molecule has 0 fully saturated rings. The molecular formula is C27H46O3. The maximum Gasteiger partial charge on any atom is 0.168 e. The molecule has 2 aliphatic carbocycles. The summed E-state index contributed by atoms with van der Waals surface area (Å²) in [5.74, 6) is 0.776. The third-order valence-electron chi connectivity index (χ3n) is 6.52. The van der Waals surface area contributed by atoms with Crippen LogP contribution in [-0.4, -0.2) is 24.8 Å². The van der Waals surface area contributed by atoms with Crippen molar-refractivity contribution in [2.75, 3.05) is 13.2 Å². The molecule has 0 aromatic heterocycles. The second kappa shape index (κ2) is 12.6. The molecule has 0 N–H and O–H groups in total. The van der Waals surface area contributed by atoms with Crippen LogP contribution in [0.4, 0.5) is 0 Å². The molecule has 2 atom stereocenters. The molecule has 0 aromatic rings. The Morgan fingerprint density at radius 2 is 1.57 bits per heavy atom. The summed E-state index contributed by atoms with van der Waals surface area (Å²) >= 11 is 0. The minimum atomic E-state index is -0.388. The predicted octanol–water partition coefficient (Wildman–Crippen LogP) is 7.43. The predicted molar refractivity (Wildman–Crippen MR) is 127 cm³/mol. The second-order valence-corrected chi connectivity index (χ2v) is 9.76. The van der Waals surface area contributed by atoms with E-state index in [4.69, 9.17) is 9.47 Å². The van der Waals surface area contributed by atoms with Crippen molar-refractivity contribution in [3.05, 3.63) is 36.0 Å². The zero-order valence-corrected chi connectivity index (χ0v) is 20.7. The van der Waals surface area contributed by atoms with Crippen LogP contribution in [0.15, 0.2) is 36.0 Å². The first-order valence-electron chi connectivity index (χ1n) is 11.8. The van der Waals surface area contributed by atoms with Crippen molar-refractivity contribution in [1.82, 2.24) is 0 Å². The minimum absolute atomic E-state index is 0.0483. The molecule has 0 saturated carbocycles. The number of carbonyl (C=O) groups is 1. The lowest BCUT2D eigenvalue weighted by Gasteiger charge is -2.38. The van der Waals surface area contributed by atoms with Gasteiger partial charge in [-0.05, 0) is 78.6 Å². The fourth-order valence-corrected chi connectivity index (χ4v) is 4.22. The largest absolute Gasteiger partial charge is 0.350 e. The molecule has 2 unspecified atom stereocenters. The number of ketones is 1. The number of hydrogen-bond acceptors (Lipinski definition) is 3. The summed E-state index contributed by atoms with van der Waals surface area (Å²) in [6, 6.07) is 0. The lowest BCUT2D eigenvalue weighted by Crippen LogP contribution is -2.41. The van der Waals surface area contributed by atoms with Crippen LogP contribution in [0, 0.1) is 17.3 Å². The van der Waals surface area contributed by atoms with Gasteiger partial charge in [-0.3, -0.25) is 4.79 Å². The van der Waals surface area contributed by atoms with Crippen molar-refractivity contribution in [2.24, 2.45) is 17.3 Å². The van der Waals surface area contributed by atoms with Crippen LogP contribution < -0.4 is 0 Å². The van der Waals surface area contributed by atoms with Crippen molar-refractivity contribution >= 4 is 5.78 Å². The van der Waals surface area contributed by atoms with Gasteiger partial charge in [0.25, 0.3) is 0 Å². The second-order valence-electron chi connectivity index (χ2n) is 9.76. The standard InChI is InChI=1S/C14H22O.C13H24O2/c1-5-14(3,4)10-13(15)12-8-6-11(2)7-9-12;1-5-14-13(4,15-6-2)12-9-7-11(3)8-10-12/h5-6,12H,1,7-10H2,2-4H3;7,12H,5-6,8-10H2,1-4H3. The molecule has 0 radical (unpaired) electrons. The zero-order chi connectivity index (χ0) is 22.8. The van der Waals surface area contributed by atoms with E-state index in [9.17, 15) is 4.79 Å². The molecule has 3 heteroatoms. The van der Waals surface area contributed by atoms with Gasteiger partial charge in [0.1, 0.15) is 5.78 Å². The summed E-state index contributed by atoms with van der Waals surface area (Å²) in [7, 11) is 0. The van der Waals surface area contributed by atoms with Gasteiger partial charge in [-0.15, -0.1) is 6.58 Å². The maximum absolute atomic E-state index is 12.0. The van der Waals surface area contributed by atoms with Gasteiger partial charge in [0.15, 0.2) is 5.79 Å². The molecule has 3 nitrogen and oxygen atoms in total. The quantitative estimate of drug-likeness (QED) is 0.288. The molecule has 0 heterocycles. The summed E-state index contributed by atoms with van der Waals surface area (Å²) in [5.41, 5.74) is 2.89. The van der Waals surface area contributed by atoms with E-state index >= 15 is 0 Å². The van der Waals surface area contributed by atoms with Gasteiger partial charge in [-0.25, -0.2) is 0 Å². The van der Waals surface area contributed by atoms with E-state index in [0.29, 0.717) is 18.1 Å². The summed E-state index contributed by atoms with van der Waals surface area (Å²) < 4.78 is 11.6. The maximum atomic E-state index is 12.0. The number of hydrogen-bond donors (Lipinski definition) is 0. The highest BCUT2D eigenvalue weighted by Crippen LogP contribution is 2.35. The molecule has 30 heavy (non-hydrogen) atoms. The van der Waals surface area contributed by atoms with Gasteiger partial charge in [-0.1, -0.05) is 43.2 Å². The smallest absolute Gasteiger partial charge is 0.168 e. The molecular weight excluding hydrogens is 372 g/mol. The molecule has 0 saturated heterocycles. The van der Waals surface area contributed by atoms with Gasteiger partial charge >= 0.3 is 0 Å². The molecule has 0 aromatic carbocycles. The first kappa shape index (κ1) is 26.8. The Bertz CT molecular complexity index is 606.